The summed E-state index contributed by atoms with van der Waals surface area (Å²) in [6, 6.07) is 14.0. The minimum absolute atomic E-state index is 0.132. The van der Waals surface area contributed by atoms with Crippen LogP contribution in [0.25, 0.3) is 6.08 Å². The summed E-state index contributed by atoms with van der Waals surface area (Å²) in [7, 11) is 1.26. The summed E-state index contributed by atoms with van der Waals surface area (Å²) >= 11 is 6.92. The normalized spacial score (nSPS) is 14.2. The zero-order valence-electron chi connectivity index (χ0n) is 26.9. The Bertz CT molecular complexity index is 2110. The summed E-state index contributed by atoms with van der Waals surface area (Å²) in [6.07, 6.45) is 1.75. The summed E-state index contributed by atoms with van der Waals surface area (Å²) in [5.74, 6) is -0.292. The molecule has 3 aromatic carbocycles. The fraction of sp³-hybridized carbons (Fsp3) is 0.257. The number of rotatable bonds is 12. The lowest BCUT2D eigenvalue weighted by molar-refractivity contribution is -0.143. The molecule has 0 saturated heterocycles. The van der Waals surface area contributed by atoms with Gasteiger partial charge in [0, 0.05) is 0 Å². The quantitative estimate of drug-likeness (QED) is 0.129. The van der Waals surface area contributed by atoms with E-state index in [2.05, 4.69) is 48.3 Å². The Hall–Kier alpha value is -4.02. The van der Waals surface area contributed by atoms with Crippen LogP contribution in [0.4, 0.5) is 4.39 Å². The Morgan fingerprint density at radius 1 is 1.06 bits per heavy atom. The maximum absolute atomic E-state index is 14.2. The summed E-state index contributed by atoms with van der Waals surface area (Å²) in [5, 5.41) is 0. The first-order chi connectivity index (χ1) is 23.5. The standard InChI is InChI=1S/C35H31BrFIN2O8S/c1-5-45-27-16-22(10-11-26(27)47-18-29(41)44-4)31-30(34(43)46-6-2)19(3)39-35-40(31)33(42)28(49-35)15-21-13-24(36)32(25(38)14-21)48-17-20-8-7-9-23(37)12-20/h7-16,31H,5-6,17-18H2,1-4H3/b28-15-/t31-/m1/s1. The van der Waals surface area contributed by atoms with Gasteiger partial charge in [0.2, 0.25) is 0 Å². The molecule has 0 N–H and O–H groups in total. The first-order valence-corrected chi connectivity index (χ1v) is 17.8. The molecule has 0 bridgehead atoms. The lowest BCUT2D eigenvalue weighted by atomic mass is 9.95. The monoisotopic (exact) mass is 864 g/mol. The molecule has 49 heavy (non-hydrogen) atoms. The molecular weight excluding hydrogens is 834 g/mol. The molecule has 4 aromatic rings. The summed E-state index contributed by atoms with van der Waals surface area (Å²) < 4.78 is 44.5. The van der Waals surface area contributed by atoms with Crippen molar-refractivity contribution in [1.82, 2.24) is 4.57 Å². The van der Waals surface area contributed by atoms with E-state index in [4.69, 9.17) is 18.9 Å². The van der Waals surface area contributed by atoms with Crippen molar-refractivity contribution < 1.29 is 37.7 Å². The minimum Gasteiger partial charge on any atom is -0.490 e. The number of carbonyl (C=O) groups excluding carboxylic acids is 2. The first-order valence-electron chi connectivity index (χ1n) is 15.1. The third kappa shape index (κ3) is 8.24. The molecule has 1 aromatic heterocycles. The SMILES string of the molecule is CCOC(=O)C1=C(C)N=c2s/c(=C\c3cc(Br)c(OCc4cccc(F)c4)c(I)c3)c(=O)n2[C@@H]1c1ccc(OCC(=O)OC)c(OCC)c1. The highest BCUT2D eigenvalue weighted by molar-refractivity contribution is 14.1. The maximum atomic E-state index is 14.2. The average molecular weight is 866 g/mol. The Labute approximate surface area is 307 Å². The lowest BCUT2D eigenvalue weighted by Crippen LogP contribution is -2.40. The van der Waals surface area contributed by atoms with E-state index in [0.717, 1.165) is 9.13 Å². The number of hydrogen-bond acceptors (Lipinski definition) is 10. The van der Waals surface area contributed by atoms with Crippen LogP contribution < -0.4 is 29.1 Å². The highest BCUT2D eigenvalue weighted by atomic mass is 127. The number of thiazole rings is 1. The number of aromatic nitrogens is 1. The van der Waals surface area contributed by atoms with Gasteiger partial charge in [-0.25, -0.2) is 19.0 Å². The Morgan fingerprint density at radius 3 is 2.55 bits per heavy atom. The molecule has 0 spiro atoms. The number of esters is 2. The molecule has 0 saturated carbocycles. The van der Waals surface area contributed by atoms with Gasteiger partial charge in [-0.1, -0.05) is 29.5 Å². The number of ether oxygens (including phenoxy) is 5. The van der Waals surface area contributed by atoms with Crippen molar-refractivity contribution in [2.45, 2.75) is 33.4 Å². The van der Waals surface area contributed by atoms with Crippen LogP contribution in [-0.2, 0) is 25.7 Å². The van der Waals surface area contributed by atoms with Crippen molar-refractivity contribution in [2.24, 2.45) is 4.99 Å². The zero-order valence-corrected chi connectivity index (χ0v) is 31.4. The van der Waals surface area contributed by atoms with Gasteiger partial charge in [-0.15, -0.1) is 0 Å². The summed E-state index contributed by atoms with van der Waals surface area (Å²) in [5.41, 5.74) is 2.24. The van der Waals surface area contributed by atoms with E-state index >= 15 is 0 Å². The molecule has 256 valence electrons. The molecule has 0 radical (unpaired) electrons. The number of fused-ring (bicyclic) bond motifs is 1. The van der Waals surface area contributed by atoms with Crippen LogP contribution in [0.15, 0.2) is 80.1 Å². The number of nitrogens with zero attached hydrogens (tertiary/aromatic N) is 2. The van der Waals surface area contributed by atoms with Crippen molar-refractivity contribution in [3.05, 3.63) is 116 Å². The second kappa shape index (κ2) is 16.1. The molecular formula is C35H31BrFIN2O8S. The van der Waals surface area contributed by atoms with Gasteiger partial charge in [0.15, 0.2) is 22.9 Å². The average Bonchev–Trinajstić information content (AvgIpc) is 3.36. The van der Waals surface area contributed by atoms with Crippen LogP contribution in [-0.4, -0.2) is 43.4 Å². The van der Waals surface area contributed by atoms with Gasteiger partial charge in [-0.05, 0) is 118 Å². The number of allylic oxidation sites excluding steroid dienone is 1. The van der Waals surface area contributed by atoms with E-state index in [1.165, 1.54) is 35.1 Å². The number of methoxy groups -OCH3 is 1. The van der Waals surface area contributed by atoms with Crippen molar-refractivity contribution in [3.8, 4) is 17.2 Å². The zero-order chi connectivity index (χ0) is 35.2. The fourth-order valence-electron chi connectivity index (χ4n) is 5.12. The Morgan fingerprint density at radius 2 is 1.86 bits per heavy atom. The van der Waals surface area contributed by atoms with Crippen LogP contribution in [0.5, 0.6) is 17.2 Å². The molecule has 0 aliphatic carbocycles. The Kier molecular flexibility index (Phi) is 11.9. The number of hydrogen-bond donors (Lipinski definition) is 0. The largest absolute Gasteiger partial charge is 0.490 e. The van der Waals surface area contributed by atoms with Crippen molar-refractivity contribution in [2.75, 3.05) is 26.9 Å². The molecule has 10 nitrogen and oxygen atoms in total. The molecule has 0 amide bonds. The molecule has 14 heteroatoms. The van der Waals surface area contributed by atoms with E-state index in [1.807, 2.05) is 12.1 Å². The first kappa shape index (κ1) is 36.3. The Balaban J connectivity index is 1.57. The van der Waals surface area contributed by atoms with E-state index in [-0.39, 0.29) is 36.8 Å². The van der Waals surface area contributed by atoms with Gasteiger partial charge < -0.3 is 23.7 Å². The van der Waals surface area contributed by atoms with Crippen LogP contribution in [0.1, 0.15) is 43.5 Å². The smallest absolute Gasteiger partial charge is 0.343 e. The highest BCUT2D eigenvalue weighted by Crippen LogP contribution is 2.37. The molecule has 0 unspecified atom stereocenters. The molecule has 1 aliphatic rings. The van der Waals surface area contributed by atoms with Crippen molar-refractivity contribution in [3.63, 3.8) is 0 Å². The van der Waals surface area contributed by atoms with Gasteiger partial charge in [-0.2, -0.15) is 0 Å². The molecule has 5 rings (SSSR count). The third-order valence-corrected chi connectivity index (χ3v) is 9.64. The van der Waals surface area contributed by atoms with Crippen LogP contribution >= 0.6 is 49.9 Å². The topological polar surface area (TPSA) is 115 Å². The second-order valence-corrected chi connectivity index (χ2v) is 13.6. The van der Waals surface area contributed by atoms with Gasteiger partial charge in [-0.3, -0.25) is 9.36 Å². The van der Waals surface area contributed by atoms with Crippen LogP contribution in [0.3, 0.4) is 0 Å². The maximum Gasteiger partial charge on any atom is 0.343 e. The number of benzene rings is 3. The number of halogens is 3. The third-order valence-electron chi connectivity index (χ3n) is 7.26. The van der Waals surface area contributed by atoms with Gasteiger partial charge in [0.1, 0.15) is 18.2 Å². The van der Waals surface area contributed by atoms with Crippen LogP contribution in [0.2, 0.25) is 0 Å². The molecule has 2 heterocycles. The van der Waals surface area contributed by atoms with Crippen molar-refractivity contribution >= 4 is 67.9 Å². The van der Waals surface area contributed by atoms with Gasteiger partial charge in [0.05, 0.1) is 50.2 Å². The predicted molar refractivity (Wildman–Crippen MR) is 193 cm³/mol. The van der Waals surface area contributed by atoms with Gasteiger partial charge in [0.25, 0.3) is 5.56 Å². The van der Waals surface area contributed by atoms with Crippen molar-refractivity contribution in [1.29, 1.82) is 0 Å². The van der Waals surface area contributed by atoms with E-state index in [9.17, 15) is 18.8 Å². The fourth-order valence-corrected chi connectivity index (χ4v) is 7.93. The highest BCUT2D eigenvalue weighted by Gasteiger charge is 2.34. The predicted octanol–water partition coefficient (Wildman–Crippen LogP) is 5.83. The second-order valence-electron chi connectivity index (χ2n) is 10.5. The molecule has 1 aliphatic heterocycles. The van der Waals surface area contributed by atoms with E-state index < -0.39 is 18.0 Å². The summed E-state index contributed by atoms with van der Waals surface area (Å²) in [4.78, 5) is 44.3. The van der Waals surface area contributed by atoms with Gasteiger partial charge >= 0.3 is 11.9 Å². The molecule has 0 fully saturated rings. The number of carbonyl (C=O) groups is 2. The van der Waals surface area contributed by atoms with Crippen LogP contribution in [0, 0.1) is 9.39 Å². The van der Waals surface area contributed by atoms with E-state index in [1.54, 1.807) is 57.2 Å². The minimum atomic E-state index is -0.892. The summed E-state index contributed by atoms with van der Waals surface area (Å²) in [6.45, 7) is 5.49. The molecule has 1 atom stereocenters. The lowest BCUT2D eigenvalue weighted by Gasteiger charge is -2.25. The van der Waals surface area contributed by atoms with E-state index in [0.29, 0.717) is 54.5 Å².